The summed E-state index contributed by atoms with van der Waals surface area (Å²) >= 11 is 0. The smallest absolute Gasteiger partial charge is 0.164 e. The molecule has 9 aromatic rings. The van der Waals surface area contributed by atoms with E-state index in [-0.39, 0.29) is 0 Å². The highest BCUT2D eigenvalue weighted by molar-refractivity contribution is 6.12. The summed E-state index contributed by atoms with van der Waals surface area (Å²) in [7, 11) is 0. The number of fused-ring (bicyclic) bond motifs is 7. The molecule has 1 N–H and O–H groups in total. The molecule has 6 nitrogen and oxygen atoms in total. The van der Waals surface area contributed by atoms with Gasteiger partial charge in [-0.05, 0) is 64.5 Å². The van der Waals surface area contributed by atoms with Crippen LogP contribution >= 0.6 is 0 Å². The van der Waals surface area contributed by atoms with Gasteiger partial charge in [-0.1, -0.05) is 97.1 Å². The molecule has 226 valence electrons. The van der Waals surface area contributed by atoms with Crippen LogP contribution in [0.15, 0.2) is 142 Å². The molecule has 4 heterocycles. The lowest BCUT2D eigenvalue weighted by molar-refractivity contribution is 0.532. The van der Waals surface area contributed by atoms with Gasteiger partial charge in [-0.15, -0.1) is 0 Å². The molecule has 6 aromatic carbocycles. The third-order valence-corrected chi connectivity index (χ3v) is 9.18. The molecule has 10 rings (SSSR count). The highest BCUT2D eigenvalue weighted by Gasteiger charge is 2.22. The topological polar surface area (TPSA) is 77.0 Å². The number of nitrogens with zero attached hydrogens (tertiary/aromatic N) is 3. The molecular formula is C42H26N4O2. The summed E-state index contributed by atoms with van der Waals surface area (Å²) in [6.07, 6.45) is 4.02. The molecule has 0 unspecified atom stereocenters. The van der Waals surface area contributed by atoms with E-state index in [1.807, 2.05) is 54.7 Å². The standard InChI is InChI=1S/C42H26N4O2/c1-2-8-25(9-3-1)26-16-17-28-23-29(19-18-27(28)22-26)40-44-41(32-11-6-14-35-38(32)30-10-4-5-13-34(30)47-35)46-42(45-40)33-12-7-15-36-39(33)31-20-21-43-24-37(31)48-36/h1-23,43H,24H2. The number of nitrogens with one attached hydrogen (secondary N) is 1. The summed E-state index contributed by atoms with van der Waals surface area (Å²) in [5.41, 5.74) is 8.54. The highest BCUT2D eigenvalue weighted by atomic mass is 16.3. The molecule has 0 radical (unpaired) electrons. The van der Waals surface area contributed by atoms with Gasteiger partial charge in [0.25, 0.3) is 0 Å². The average Bonchev–Trinajstić information content (AvgIpc) is 3.73. The second-order valence-electron chi connectivity index (χ2n) is 12.1. The second kappa shape index (κ2) is 10.5. The first-order chi connectivity index (χ1) is 23.8. The first-order valence-electron chi connectivity index (χ1n) is 16.0. The van der Waals surface area contributed by atoms with E-state index >= 15 is 0 Å². The Balaban J connectivity index is 1.21. The fraction of sp³-hybridized carbons (Fsp3) is 0.0238. The number of benzene rings is 6. The number of furan rings is 2. The van der Waals surface area contributed by atoms with Gasteiger partial charge >= 0.3 is 0 Å². The molecule has 1 aliphatic rings. The average molecular weight is 619 g/mol. The zero-order valence-electron chi connectivity index (χ0n) is 25.6. The Morgan fingerprint density at radius 1 is 0.500 bits per heavy atom. The minimum Gasteiger partial charge on any atom is -0.459 e. The third kappa shape index (κ3) is 4.23. The quantitative estimate of drug-likeness (QED) is 0.211. The van der Waals surface area contributed by atoms with Gasteiger partial charge in [0.15, 0.2) is 17.5 Å². The van der Waals surface area contributed by atoms with Crippen molar-refractivity contribution in [3.63, 3.8) is 0 Å². The normalized spacial score (nSPS) is 12.6. The van der Waals surface area contributed by atoms with Crippen LogP contribution in [0.1, 0.15) is 11.3 Å². The van der Waals surface area contributed by atoms with Crippen molar-refractivity contribution in [1.29, 1.82) is 0 Å². The monoisotopic (exact) mass is 618 g/mol. The first-order valence-corrected chi connectivity index (χ1v) is 16.0. The third-order valence-electron chi connectivity index (χ3n) is 9.18. The van der Waals surface area contributed by atoms with Crippen LogP contribution in [0.2, 0.25) is 0 Å². The van der Waals surface area contributed by atoms with E-state index in [0.29, 0.717) is 24.0 Å². The number of rotatable bonds is 4. The fourth-order valence-electron chi connectivity index (χ4n) is 6.91. The van der Waals surface area contributed by atoms with Gasteiger partial charge < -0.3 is 14.2 Å². The Morgan fingerprint density at radius 3 is 1.96 bits per heavy atom. The molecule has 0 fully saturated rings. The number of para-hydroxylation sites is 1. The van der Waals surface area contributed by atoms with Crippen molar-refractivity contribution >= 4 is 49.8 Å². The fourth-order valence-corrected chi connectivity index (χ4v) is 6.91. The Labute approximate surface area is 275 Å². The maximum atomic E-state index is 6.27. The van der Waals surface area contributed by atoms with E-state index in [4.69, 9.17) is 23.8 Å². The van der Waals surface area contributed by atoms with Crippen molar-refractivity contribution in [1.82, 2.24) is 20.3 Å². The minimum absolute atomic E-state index is 0.582. The maximum absolute atomic E-state index is 6.27. The molecule has 0 atom stereocenters. The molecule has 0 spiro atoms. The van der Waals surface area contributed by atoms with Gasteiger partial charge in [0.1, 0.15) is 22.5 Å². The predicted molar refractivity (Wildman–Crippen MR) is 192 cm³/mol. The summed E-state index contributed by atoms with van der Waals surface area (Å²) in [5, 5.41) is 8.52. The van der Waals surface area contributed by atoms with E-state index in [9.17, 15) is 0 Å². The first kappa shape index (κ1) is 26.7. The van der Waals surface area contributed by atoms with E-state index in [0.717, 1.165) is 71.7 Å². The molecule has 48 heavy (non-hydrogen) atoms. The van der Waals surface area contributed by atoms with Crippen molar-refractivity contribution in [3.8, 4) is 45.3 Å². The van der Waals surface area contributed by atoms with Crippen LogP contribution in [0, 0.1) is 0 Å². The van der Waals surface area contributed by atoms with Crippen LogP contribution in [0.5, 0.6) is 0 Å². The predicted octanol–water partition coefficient (Wildman–Crippen LogP) is 10.4. The Morgan fingerprint density at radius 2 is 1.15 bits per heavy atom. The Bertz CT molecular complexity index is 2740. The molecule has 3 aromatic heterocycles. The van der Waals surface area contributed by atoms with Gasteiger partial charge in [-0.2, -0.15) is 0 Å². The number of hydrogen-bond acceptors (Lipinski definition) is 6. The van der Waals surface area contributed by atoms with Gasteiger partial charge in [0.2, 0.25) is 0 Å². The number of aromatic nitrogens is 3. The van der Waals surface area contributed by atoms with Crippen LogP contribution in [0.25, 0.3) is 95.0 Å². The van der Waals surface area contributed by atoms with Crippen molar-refractivity contribution < 1.29 is 8.83 Å². The van der Waals surface area contributed by atoms with Crippen LogP contribution < -0.4 is 5.32 Å². The van der Waals surface area contributed by atoms with Crippen LogP contribution in [-0.2, 0) is 6.54 Å². The minimum atomic E-state index is 0.582. The van der Waals surface area contributed by atoms with E-state index in [1.54, 1.807) is 0 Å². The molecule has 0 saturated heterocycles. The summed E-state index contributed by atoms with van der Waals surface area (Å²) in [6.45, 7) is 0.631. The van der Waals surface area contributed by atoms with Crippen LogP contribution in [-0.4, -0.2) is 15.0 Å². The summed E-state index contributed by atoms with van der Waals surface area (Å²) in [4.78, 5) is 15.5. The number of hydrogen-bond donors (Lipinski definition) is 1. The molecular weight excluding hydrogens is 592 g/mol. The summed E-state index contributed by atoms with van der Waals surface area (Å²) in [6, 6.07) is 43.6. The SMILES string of the molecule is C1=Cc2c(oc3cccc(-c4nc(-c5ccc6cc(-c7ccccc7)ccc6c5)nc(-c5cccc6oc7ccccc7c56)n4)c23)CN1. The maximum Gasteiger partial charge on any atom is 0.164 e. The van der Waals surface area contributed by atoms with Crippen molar-refractivity contribution in [2.24, 2.45) is 0 Å². The molecule has 0 aliphatic carbocycles. The lowest BCUT2D eigenvalue weighted by atomic mass is 9.99. The lowest BCUT2D eigenvalue weighted by Crippen LogP contribution is -2.08. The van der Waals surface area contributed by atoms with Crippen LogP contribution in [0.3, 0.4) is 0 Å². The van der Waals surface area contributed by atoms with Crippen molar-refractivity contribution in [2.75, 3.05) is 0 Å². The molecule has 0 bridgehead atoms. The zero-order valence-corrected chi connectivity index (χ0v) is 25.6. The zero-order chi connectivity index (χ0) is 31.6. The summed E-state index contributed by atoms with van der Waals surface area (Å²) < 4.78 is 12.5. The van der Waals surface area contributed by atoms with Crippen molar-refractivity contribution in [3.05, 3.63) is 145 Å². The largest absolute Gasteiger partial charge is 0.459 e. The van der Waals surface area contributed by atoms with Gasteiger partial charge in [0.05, 0.1) is 6.54 Å². The van der Waals surface area contributed by atoms with E-state index in [1.165, 1.54) is 11.1 Å². The molecule has 0 amide bonds. The van der Waals surface area contributed by atoms with E-state index in [2.05, 4.69) is 90.3 Å². The molecule has 1 aliphatic heterocycles. The second-order valence-corrected chi connectivity index (χ2v) is 12.1. The Hall–Kier alpha value is -6.53. The summed E-state index contributed by atoms with van der Waals surface area (Å²) in [5.74, 6) is 2.66. The lowest BCUT2D eigenvalue weighted by Gasteiger charge is -2.11. The highest BCUT2D eigenvalue weighted by Crippen LogP contribution is 2.39. The molecule has 0 saturated carbocycles. The van der Waals surface area contributed by atoms with Crippen LogP contribution in [0.4, 0.5) is 0 Å². The van der Waals surface area contributed by atoms with E-state index < -0.39 is 0 Å². The van der Waals surface area contributed by atoms with Gasteiger partial charge in [0, 0.05) is 38.4 Å². The van der Waals surface area contributed by atoms with Gasteiger partial charge in [-0.3, -0.25) is 0 Å². The van der Waals surface area contributed by atoms with Crippen molar-refractivity contribution in [2.45, 2.75) is 6.54 Å². The van der Waals surface area contributed by atoms with Gasteiger partial charge in [-0.25, -0.2) is 15.0 Å². The Kier molecular flexibility index (Phi) is 5.84. The molecule has 6 heteroatoms.